The number of carbonyl (C=O) groups excluding carboxylic acids is 1. The van der Waals surface area contributed by atoms with Crippen LogP contribution in [0.3, 0.4) is 0 Å². The van der Waals surface area contributed by atoms with Crippen LogP contribution in [0.25, 0.3) is 0 Å². The predicted molar refractivity (Wildman–Crippen MR) is 66.7 cm³/mol. The zero-order valence-corrected chi connectivity index (χ0v) is 10.9. The Hall–Kier alpha value is -0.610. The van der Waals surface area contributed by atoms with Crippen LogP contribution < -0.4 is 10.6 Å². The van der Waals surface area contributed by atoms with Crippen molar-refractivity contribution in [2.75, 3.05) is 20.2 Å². The molecule has 1 saturated heterocycles. The van der Waals surface area contributed by atoms with E-state index in [0.717, 1.165) is 25.4 Å². The summed E-state index contributed by atoms with van der Waals surface area (Å²) < 4.78 is 5.24. The van der Waals surface area contributed by atoms with Gasteiger partial charge in [0, 0.05) is 20.2 Å². The Kier molecular flexibility index (Phi) is 4.40. The largest absolute Gasteiger partial charge is 0.380 e. The van der Waals surface area contributed by atoms with Gasteiger partial charge < -0.3 is 15.4 Å². The number of hydrogen-bond acceptors (Lipinski definition) is 3. The molecule has 4 atom stereocenters. The van der Waals surface area contributed by atoms with E-state index < -0.39 is 0 Å². The molecule has 4 heteroatoms. The summed E-state index contributed by atoms with van der Waals surface area (Å²) in [6.07, 6.45) is 4.88. The van der Waals surface area contributed by atoms with Crippen LogP contribution in [0.2, 0.25) is 0 Å². The number of ether oxygens (including phenoxy) is 1. The summed E-state index contributed by atoms with van der Waals surface area (Å²) in [6.45, 7) is 3.92. The predicted octanol–water partition coefficient (Wildman–Crippen LogP) is 0.916. The number of methoxy groups -OCH3 is 1. The molecule has 0 aromatic rings. The summed E-state index contributed by atoms with van der Waals surface area (Å²) in [6, 6.07) is -0.0586. The van der Waals surface area contributed by atoms with Gasteiger partial charge in [-0.2, -0.15) is 0 Å². The number of carbonyl (C=O) groups is 1. The minimum Gasteiger partial charge on any atom is -0.380 e. The van der Waals surface area contributed by atoms with Crippen molar-refractivity contribution >= 4 is 5.91 Å². The maximum Gasteiger partial charge on any atom is 0.237 e. The topological polar surface area (TPSA) is 50.4 Å². The Morgan fingerprint density at radius 3 is 2.88 bits per heavy atom. The zero-order chi connectivity index (χ0) is 12.3. The van der Waals surface area contributed by atoms with Crippen LogP contribution in [-0.4, -0.2) is 38.3 Å². The van der Waals surface area contributed by atoms with Gasteiger partial charge in [-0.15, -0.1) is 0 Å². The molecule has 2 fully saturated rings. The van der Waals surface area contributed by atoms with Gasteiger partial charge in [-0.3, -0.25) is 4.79 Å². The lowest BCUT2D eigenvalue weighted by Crippen LogP contribution is -2.42. The van der Waals surface area contributed by atoms with Crippen molar-refractivity contribution in [1.29, 1.82) is 0 Å². The first-order valence-electron chi connectivity index (χ1n) is 6.74. The number of rotatable bonds is 4. The fourth-order valence-corrected chi connectivity index (χ4v) is 2.96. The fraction of sp³-hybridized carbons (Fsp3) is 0.923. The third-order valence-electron chi connectivity index (χ3n) is 4.32. The van der Waals surface area contributed by atoms with Crippen LogP contribution >= 0.6 is 0 Å². The average molecular weight is 240 g/mol. The first kappa shape index (κ1) is 12.8. The molecule has 1 heterocycles. The lowest BCUT2D eigenvalue weighted by Gasteiger charge is -2.18. The molecule has 17 heavy (non-hydrogen) atoms. The average Bonchev–Trinajstić information content (AvgIpc) is 2.94. The Bertz CT molecular complexity index is 270. The standard InChI is InChI=1S/C13H24N2O2/c1-9-4-3-5-10(9)7-15-13(16)12-6-11(17-2)8-14-12/h9-12,14H,3-8H2,1-2H3,(H,15,16). The van der Waals surface area contributed by atoms with Gasteiger partial charge >= 0.3 is 0 Å². The van der Waals surface area contributed by atoms with E-state index in [1.165, 1.54) is 19.3 Å². The van der Waals surface area contributed by atoms with Crippen LogP contribution in [0, 0.1) is 11.8 Å². The molecule has 1 amide bonds. The number of amides is 1. The molecule has 0 bridgehead atoms. The highest BCUT2D eigenvalue weighted by Gasteiger charge is 2.30. The number of hydrogen-bond donors (Lipinski definition) is 2. The molecular weight excluding hydrogens is 216 g/mol. The summed E-state index contributed by atoms with van der Waals surface area (Å²) in [4.78, 5) is 11.9. The van der Waals surface area contributed by atoms with E-state index >= 15 is 0 Å². The normalized spacial score (nSPS) is 37.3. The molecule has 0 radical (unpaired) electrons. The zero-order valence-electron chi connectivity index (χ0n) is 10.9. The monoisotopic (exact) mass is 240 g/mol. The van der Waals surface area contributed by atoms with Gasteiger partial charge in [-0.1, -0.05) is 19.8 Å². The fourth-order valence-electron chi connectivity index (χ4n) is 2.96. The lowest BCUT2D eigenvalue weighted by molar-refractivity contribution is -0.123. The van der Waals surface area contributed by atoms with Crippen molar-refractivity contribution < 1.29 is 9.53 Å². The molecule has 1 saturated carbocycles. The summed E-state index contributed by atoms with van der Waals surface area (Å²) in [7, 11) is 1.70. The molecule has 4 unspecified atom stereocenters. The van der Waals surface area contributed by atoms with E-state index in [0.29, 0.717) is 5.92 Å². The van der Waals surface area contributed by atoms with Crippen molar-refractivity contribution in [3.05, 3.63) is 0 Å². The first-order chi connectivity index (χ1) is 8.20. The Morgan fingerprint density at radius 1 is 1.47 bits per heavy atom. The summed E-state index contributed by atoms with van der Waals surface area (Å²) in [5, 5.41) is 6.29. The lowest BCUT2D eigenvalue weighted by atomic mass is 9.98. The number of nitrogens with one attached hydrogen (secondary N) is 2. The second-order valence-corrected chi connectivity index (χ2v) is 5.47. The van der Waals surface area contributed by atoms with E-state index in [1.807, 2.05) is 0 Å². The summed E-state index contributed by atoms with van der Waals surface area (Å²) in [5.74, 6) is 1.58. The van der Waals surface area contributed by atoms with Gasteiger partial charge in [0.2, 0.25) is 5.91 Å². The Balaban J connectivity index is 1.70. The summed E-state index contributed by atoms with van der Waals surface area (Å²) in [5.41, 5.74) is 0. The molecule has 0 spiro atoms. The van der Waals surface area contributed by atoms with Gasteiger partial charge in [0.1, 0.15) is 0 Å². The SMILES string of the molecule is COC1CNC(C(=O)NCC2CCCC2C)C1. The molecule has 1 aliphatic heterocycles. The molecule has 2 aliphatic rings. The maximum atomic E-state index is 11.9. The van der Waals surface area contributed by atoms with Gasteiger partial charge in [-0.25, -0.2) is 0 Å². The van der Waals surface area contributed by atoms with Gasteiger partial charge in [0.05, 0.1) is 12.1 Å². The molecule has 2 N–H and O–H groups in total. The molecule has 98 valence electrons. The third-order valence-corrected chi connectivity index (χ3v) is 4.32. The van der Waals surface area contributed by atoms with Crippen molar-refractivity contribution in [3.8, 4) is 0 Å². The third kappa shape index (κ3) is 3.19. The van der Waals surface area contributed by atoms with Crippen LogP contribution in [0.1, 0.15) is 32.6 Å². The minimum absolute atomic E-state index is 0.0586. The Labute approximate surface area is 103 Å². The van der Waals surface area contributed by atoms with E-state index in [4.69, 9.17) is 4.74 Å². The van der Waals surface area contributed by atoms with Crippen LogP contribution in [0.4, 0.5) is 0 Å². The van der Waals surface area contributed by atoms with Gasteiger partial charge in [0.25, 0.3) is 0 Å². The summed E-state index contributed by atoms with van der Waals surface area (Å²) >= 11 is 0. The van der Waals surface area contributed by atoms with Crippen molar-refractivity contribution in [2.24, 2.45) is 11.8 Å². The smallest absolute Gasteiger partial charge is 0.237 e. The Morgan fingerprint density at radius 2 is 2.29 bits per heavy atom. The first-order valence-corrected chi connectivity index (χ1v) is 6.74. The molecular formula is C13H24N2O2. The molecule has 0 aromatic heterocycles. The van der Waals surface area contributed by atoms with Gasteiger partial charge in [0.15, 0.2) is 0 Å². The molecule has 4 nitrogen and oxygen atoms in total. The van der Waals surface area contributed by atoms with Crippen LogP contribution in [0.15, 0.2) is 0 Å². The van der Waals surface area contributed by atoms with Crippen LogP contribution in [-0.2, 0) is 9.53 Å². The molecule has 2 rings (SSSR count). The maximum absolute atomic E-state index is 11.9. The second kappa shape index (κ2) is 5.83. The molecule has 0 aromatic carbocycles. The molecule has 1 aliphatic carbocycles. The van der Waals surface area contributed by atoms with Crippen LogP contribution in [0.5, 0.6) is 0 Å². The van der Waals surface area contributed by atoms with E-state index in [9.17, 15) is 4.79 Å². The minimum atomic E-state index is -0.0586. The van der Waals surface area contributed by atoms with E-state index in [1.54, 1.807) is 7.11 Å². The van der Waals surface area contributed by atoms with Crippen molar-refractivity contribution in [1.82, 2.24) is 10.6 Å². The second-order valence-electron chi connectivity index (χ2n) is 5.47. The highest BCUT2D eigenvalue weighted by atomic mass is 16.5. The van der Waals surface area contributed by atoms with Gasteiger partial charge in [-0.05, 0) is 24.7 Å². The highest BCUT2D eigenvalue weighted by molar-refractivity contribution is 5.82. The van der Waals surface area contributed by atoms with E-state index in [2.05, 4.69) is 17.6 Å². The van der Waals surface area contributed by atoms with E-state index in [-0.39, 0.29) is 18.1 Å². The van der Waals surface area contributed by atoms with Crippen molar-refractivity contribution in [3.63, 3.8) is 0 Å². The highest BCUT2D eigenvalue weighted by Crippen LogP contribution is 2.30. The van der Waals surface area contributed by atoms with Crippen molar-refractivity contribution in [2.45, 2.75) is 44.8 Å². The quantitative estimate of drug-likeness (QED) is 0.768.